The zero-order valence-corrected chi connectivity index (χ0v) is 8.70. The minimum absolute atomic E-state index is 0. The van der Waals surface area contributed by atoms with Crippen molar-refractivity contribution in [1.82, 2.24) is 4.98 Å². The van der Waals surface area contributed by atoms with Crippen LogP contribution in [0.5, 0.6) is 0 Å². The Morgan fingerprint density at radius 3 is 2.50 bits per heavy atom. The van der Waals surface area contributed by atoms with E-state index in [1.165, 1.54) is 6.07 Å². The zero-order chi connectivity index (χ0) is 5.98. The summed E-state index contributed by atoms with van der Waals surface area (Å²) in [6.45, 7) is 0. The molecule has 1 rings (SSSR count). The van der Waals surface area contributed by atoms with Gasteiger partial charge in [0.2, 0.25) is 0 Å². The number of hydrogen-bond acceptors (Lipinski definition) is 1. The van der Waals surface area contributed by atoms with Gasteiger partial charge in [-0.3, -0.25) is 4.39 Å². The molecule has 0 aromatic carbocycles. The largest absolute Gasteiger partial charge is 2.00 e. The molecule has 0 N–H and O–H groups in total. The molecule has 0 aliphatic heterocycles. The number of halogens is 3. The van der Waals surface area contributed by atoms with Crippen molar-refractivity contribution in [2.45, 2.75) is 0 Å². The maximum absolute atomic E-state index is 12.1. The maximum Gasteiger partial charge on any atom is 2.00 e. The van der Waals surface area contributed by atoms with E-state index in [4.69, 9.17) is 0 Å². The molecule has 0 saturated carbocycles. The van der Waals surface area contributed by atoms with Gasteiger partial charge in [0, 0.05) is 0 Å². The van der Waals surface area contributed by atoms with Gasteiger partial charge in [-0.25, -0.2) is 0 Å². The van der Waals surface area contributed by atoms with Crippen LogP contribution in [-0.4, -0.2) is 28.0 Å². The molecule has 0 spiro atoms. The molecule has 0 radical (unpaired) electrons. The number of aromatic nitrogens is 1. The number of nitrogens with zero attached hydrogens (tertiary/aromatic N) is 1. The van der Waals surface area contributed by atoms with Gasteiger partial charge >= 0.3 is 23.1 Å². The van der Waals surface area contributed by atoms with Gasteiger partial charge in [-0.05, 0) is 4.47 Å². The molecule has 0 saturated heterocycles. The van der Waals surface area contributed by atoms with Crippen molar-refractivity contribution in [3.05, 3.63) is 28.7 Å². The van der Waals surface area contributed by atoms with Crippen molar-refractivity contribution < 1.29 is 16.8 Å². The van der Waals surface area contributed by atoms with Crippen LogP contribution in [0.2, 0.25) is 0 Å². The molecule has 0 atom stereocenters. The van der Waals surface area contributed by atoms with Crippen molar-refractivity contribution in [3.63, 3.8) is 0 Å². The fraction of sp³-hybridized carbons (Fsp3) is 0. The third-order valence-electron chi connectivity index (χ3n) is 0.664. The fourth-order valence-electron chi connectivity index (χ4n) is 0.327. The molecule has 0 aliphatic rings. The third-order valence-corrected chi connectivity index (χ3v) is 1.26. The van der Waals surface area contributed by atoms with E-state index < -0.39 is 5.95 Å². The van der Waals surface area contributed by atoms with E-state index in [2.05, 4.69) is 27.1 Å². The Kier molecular flexibility index (Phi) is 8.38. The summed E-state index contributed by atoms with van der Waals surface area (Å²) in [6.07, 6.45) is 2.35. The van der Waals surface area contributed by atoms with E-state index >= 15 is 0 Å². The van der Waals surface area contributed by atoms with Crippen molar-refractivity contribution in [1.29, 1.82) is 0 Å². The summed E-state index contributed by atoms with van der Waals surface area (Å²) in [4.78, 5) is 3.24. The van der Waals surface area contributed by atoms with Gasteiger partial charge in [-0.1, -0.05) is 22.1 Å². The minimum atomic E-state index is -0.521. The van der Waals surface area contributed by atoms with Crippen molar-refractivity contribution >= 4 is 39.0 Å². The fourth-order valence-corrected chi connectivity index (χ4v) is 0.547. The quantitative estimate of drug-likeness (QED) is 0.300. The summed E-state index contributed by atoms with van der Waals surface area (Å²) in [7, 11) is 0. The molecule has 0 aliphatic carbocycles. The second-order valence-corrected chi connectivity index (χ2v) is 2.07. The average molecular weight is 235 g/mol. The van der Waals surface area contributed by atoms with Crippen LogP contribution in [0.3, 0.4) is 0 Å². The average Bonchev–Trinajstić information content (AvgIpc) is 1.77. The molecule has 1 heterocycles. The molecule has 0 fully saturated rings. The number of hydrogen-bond donors (Lipinski definition) is 0. The van der Waals surface area contributed by atoms with Crippen LogP contribution in [0.1, 0.15) is 0 Å². The second-order valence-electron chi connectivity index (χ2n) is 1.21. The smallest absolute Gasteiger partial charge is 1.00 e. The summed E-state index contributed by atoms with van der Waals surface area (Å²) in [6, 6.07) is 3.08. The first kappa shape index (κ1) is 13.2. The summed E-state index contributed by atoms with van der Waals surface area (Å²) >= 11 is 2.94. The van der Waals surface area contributed by atoms with Crippen LogP contribution in [-0.2, 0) is 0 Å². The van der Waals surface area contributed by atoms with Gasteiger partial charge in [0.05, 0.1) is 0 Å². The Morgan fingerprint density at radius 2 is 2.20 bits per heavy atom. The van der Waals surface area contributed by atoms with E-state index in [1.807, 2.05) is 0 Å². The molecule has 0 unspecified atom stereocenters. The summed E-state index contributed by atoms with van der Waals surface area (Å²) in [5.41, 5.74) is 0. The predicted octanol–water partition coefficient (Wildman–Crippen LogP) is -1.59. The number of pyridine rings is 1. The van der Waals surface area contributed by atoms with Gasteiger partial charge in [-0.15, -0.1) is 0 Å². The van der Waals surface area contributed by atoms with Gasteiger partial charge < -0.3 is 17.4 Å². The van der Waals surface area contributed by atoms with Gasteiger partial charge in [-0.2, -0.15) is 12.1 Å². The SMILES string of the molecule is Fc1n[c-]ccc1Br.[Cl-].[Mg+2]. The Hall–Kier alpha value is 0.616. The molecular weight excluding hydrogens is 233 g/mol. The van der Waals surface area contributed by atoms with E-state index in [0.29, 0.717) is 4.47 Å². The molecule has 1 aromatic rings. The molecule has 50 valence electrons. The monoisotopic (exact) mass is 233 g/mol. The second kappa shape index (κ2) is 6.33. The van der Waals surface area contributed by atoms with Crippen molar-refractivity contribution in [3.8, 4) is 0 Å². The van der Waals surface area contributed by atoms with Gasteiger partial charge in [0.1, 0.15) is 5.95 Å². The van der Waals surface area contributed by atoms with E-state index in [0.717, 1.165) is 0 Å². The Morgan fingerprint density at radius 1 is 1.60 bits per heavy atom. The Bertz CT molecular complexity index is 178. The van der Waals surface area contributed by atoms with Crippen LogP contribution >= 0.6 is 15.9 Å². The van der Waals surface area contributed by atoms with Crippen LogP contribution in [0.4, 0.5) is 4.39 Å². The van der Waals surface area contributed by atoms with Crippen LogP contribution in [0.15, 0.2) is 16.6 Å². The molecule has 1 nitrogen and oxygen atoms in total. The van der Waals surface area contributed by atoms with E-state index in [1.54, 1.807) is 6.07 Å². The van der Waals surface area contributed by atoms with E-state index in [-0.39, 0.29) is 35.5 Å². The molecule has 10 heavy (non-hydrogen) atoms. The first-order chi connectivity index (χ1) is 3.80. The first-order valence-corrected chi connectivity index (χ1v) is 2.78. The van der Waals surface area contributed by atoms with Gasteiger partial charge in [0.25, 0.3) is 0 Å². The van der Waals surface area contributed by atoms with Gasteiger partial charge in [0.15, 0.2) is 0 Å². The topological polar surface area (TPSA) is 12.9 Å². The molecule has 0 amide bonds. The van der Waals surface area contributed by atoms with Crippen LogP contribution < -0.4 is 12.4 Å². The Labute approximate surface area is 89.1 Å². The predicted molar refractivity (Wildman–Crippen MR) is 36.5 cm³/mol. The van der Waals surface area contributed by atoms with Crippen LogP contribution in [0, 0.1) is 12.1 Å². The first-order valence-electron chi connectivity index (χ1n) is 1.99. The molecule has 0 bridgehead atoms. The third kappa shape index (κ3) is 3.70. The molecular formula is C5H2BrClFMgN. The minimum Gasteiger partial charge on any atom is -1.00 e. The zero-order valence-electron chi connectivity index (χ0n) is 4.94. The Balaban J connectivity index is 0. The number of rotatable bonds is 0. The summed E-state index contributed by atoms with van der Waals surface area (Å²) in [5.74, 6) is -0.521. The summed E-state index contributed by atoms with van der Waals surface area (Å²) in [5, 5.41) is 0. The molecule has 1 aromatic heterocycles. The van der Waals surface area contributed by atoms with Crippen molar-refractivity contribution in [2.75, 3.05) is 0 Å². The summed E-state index contributed by atoms with van der Waals surface area (Å²) < 4.78 is 12.5. The van der Waals surface area contributed by atoms with Crippen molar-refractivity contribution in [2.24, 2.45) is 0 Å². The maximum atomic E-state index is 12.1. The molecule has 5 heteroatoms. The standard InChI is InChI=1S/C5H2BrFN.ClH.Mg/c6-4-2-1-3-8-5(4)7;;/h1-2H;1H;/q-1;;+2/p-1. The van der Waals surface area contributed by atoms with E-state index in [9.17, 15) is 4.39 Å². The van der Waals surface area contributed by atoms with Crippen LogP contribution in [0.25, 0.3) is 0 Å². The normalized spacial score (nSPS) is 7.40.